The van der Waals surface area contributed by atoms with Crippen LogP contribution in [-0.4, -0.2) is 14.2 Å². The van der Waals surface area contributed by atoms with Crippen LogP contribution in [0.25, 0.3) is 21.5 Å². The Morgan fingerprint density at radius 1 is 0.344 bits per heavy atom. The van der Waals surface area contributed by atoms with Crippen molar-refractivity contribution in [3.05, 3.63) is 97.1 Å². The van der Waals surface area contributed by atoms with Crippen molar-refractivity contribution in [2.75, 3.05) is 0 Å². The van der Waals surface area contributed by atoms with Gasteiger partial charge >= 0.3 is 14.2 Å². The molecule has 0 saturated heterocycles. The Morgan fingerprint density at radius 2 is 0.594 bits per heavy atom. The van der Waals surface area contributed by atoms with E-state index in [0.29, 0.717) is 0 Å². The van der Waals surface area contributed by atoms with Crippen LogP contribution in [0.2, 0.25) is 0 Å². The molecule has 0 N–H and O–H groups in total. The van der Waals surface area contributed by atoms with E-state index in [0.717, 1.165) is 55.5 Å². The average Bonchev–Trinajstić information content (AvgIpc) is 3.46. The van der Waals surface area contributed by atoms with Crippen LogP contribution in [0.3, 0.4) is 0 Å². The summed E-state index contributed by atoms with van der Waals surface area (Å²) in [6, 6.07) is 32.2. The number of rotatable bonds is 2. The zero-order chi connectivity index (χ0) is 21.1. The third-order valence-corrected chi connectivity index (χ3v) is 6.12. The van der Waals surface area contributed by atoms with Crippen LogP contribution < -0.4 is 29.5 Å². The zero-order valence-corrected chi connectivity index (χ0v) is 17.0. The average molecular weight is 414 g/mol. The molecule has 5 aromatic carbocycles. The van der Waals surface area contributed by atoms with Crippen LogP contribution in [0.15, 0.2) is 97.1 Å². The first-order valence-corrected chi connectivity index (χ1v) is 10.6. The molecule has 0 amide bonds. The molecule has 0 saturated carbocycles. The van der Waals surface area contributed by atoms with Gasteiger partial charge in [0.05, 0.1) is 0 Å². The van der Waals surface area contributed by atoms with Gasteiger partial charge in [0.25, 0.3) is 0 Å². The summed E-state index contributed by atoms with van der Waals surface area (Å²) in [6.45, 7) is 0. The minimum absolute atomic E-state index is 0.529. The molecule has 5 aromatic rings. The summed E-state index contributed by atoms with van der Waals surface area (Å²) in [7, 11) is -1.06. The second-order valence-corrected chi connectivity index (χ2v) is 7.95. The Hall–Kier alpha value is -4.05. The van der Waals surface area contributed by atoms with E-state index < -0.39 is 14.2 Å². The number of benzene rings is 5. The quantitative estimate of drug-likeness (QED) is 0.319. The summed E-state index contributed by atoms with van der Waals surface area (Å²) in [4.78, 5) is 0. The first-order chi connectivity index (χ1) is 15.9. The van der Waals surface area contributed by atoms with Crippen LogP contribution in [-0.2, 0) is 0 Å². The maximum Gasteiger partial charge on any atom is 0.634 e. The fourth-order valence-electron chi connectivity index (χ4n) is 4.74. The summed E-state index contributed by atoms with van der Waals surface area (Å²) < 4.78 is 25.0. The van der Waals surface area contributed by atoms with Gasteiger partial charge in [0.2, 0.25) is 0 Å². The minimum Gasteiger partial charge on any atom is -0.519 e. The number of hydrogen-bond donors (Lipinski definition) is 0. The van der Waals surface area contributed by atoms with Gasteiger partial charge in [-0.05, 0) is 45.8 Å². The van der Waals surface area contributed by atoms with E-state index in [1.165, 1.54) is 0 Å². The molecule has 7 rings (SSSR count). The Balaban J connectivity index is 1.47. The lowest BCUT2D eigenvalue weighted by molar-refractivity contribution is 0.518. The molecular formula is C26H16B2O4. The third-order valence-electron chi connectivity index (χ3n) is 6.12. The SMILES string of the molecule is c1ccc2c(c1)OB(c1c3ccccc3c(B3Oc4ccccc4O3)c3ccccc13)O2. The highest BCUT2D eigenvalue weighted by atomic mass is 16.6. The fourth-order valence-corrected chi connectivity index (χ4v) is 4.74. The van der Waals surface area contributed by atoms with Gasteiger partial charge < -0.3 is 18.6 Å². The number of para-hydroxylation sites is 4. The molecule has 0 radical (unpaired) electrons. The van der Waals surface area contributed by atoms with E-state index in [1.807, 2.05) is 72.8 Å². The van der Waals surface area contributed by atoms with Crippen LogP contribution in [0.1, 0.15) is 0 Å². The van der Waals surface area contributed by atoms with Gasteiger partial charge in [0, 0.05) is 10.9 Å². The van der Waals surface area contributed by atoms with Crippen molar-refractivity contribution in [3.8, 4) is 23.0 Å². The lowest BCUT2D eigenvalue weighted by Crippen LogP contribution is -2.45. The normalized spacial score (nSPS) is 13.9. The van der Waals surface area contributed by atoms with Crippen LogP contribution in [0.5, 0.6) is 23.0 Å². The van der Waals surface area contributed by atoms with Crippen molar-refractivity contribution in [2.24, 2.45) is 0 Å². The first kappa shape index (κ1) is 17.6. The molecule has 6 heteroatoms. The van der Waals surface area contributed by atoms with E-state index in [1.54, 1.807) is 0 Å². The highest BCUT2D eigenvalue weighted by molar-refractivity contribution is 6.75. The predicted octanol–water partition coefficient (Wildman–Crippen LogP) is 4.33. The molecule has 32 heavy (non-hydrogen) atoms. The zero-order valence-electron chi connectivity index (χ0n) is 17.0. The van der Waals surface area contributed by atoms with Gasteiger partial charge in [-0.1, -0.05) is 72.8 Å². The summed E-state index contributed by atoms with van der Waals surface area (Å²) in [5, 5.41) is 4.23. The Labute approximate surface area is 185 Å². The van der Waals surface area contributed by atoms with Crippen LogP contribution in [0, 0.1) is 0 Å². The van der Waals surface area contributed by atoms with E-state index in [4.69, 9.17) is 18.6 Å². The monoisotopic (exact) mass is 414 g/mol. The fraction of sp³-hybridized carbons (Fsp3) is 0. The molecular weight excluding hydrogens is 398 g/mol. The van der Waals surface area contributed by atoms with Crippen molar-refractivity contribution in [1.29, 1.82) is 0 Å². The highest BCUT2D eigenvalue weighted by Crippen LogP contribution is 2.36. The second kappa shape index (κ2) is 6.72. The van der Waals surface area contributed by atoms with Gasteiger partial charge in [0.15, 0.2) is 0 Å². The lowest BCUT2D eigenvalue weighted by Gasteiger charge is -2.18. The summed E-state index contributed by atoms with van der Waals surface area (Å²) >= 11 is 0. The number of hydrogen-bond acceptors (Lipinski definition) is 4. The van der Waals surface area contributed by atoms with E-state index >= 15 is 0 Å². The number of fused-ring (bicyclic) bond motifs is 4. The standard InChI is InChI=1S/C26H16B2O4/c1-2-10-18-17(9-1)25(27-29-21-13-5-6-14-22(21)30-27)19-11-3-4-12-20(19)26(18)28-31-23-15-7-8-16-24(23)32-28/h1-16H. The van der Waals surface area contributed by atoms with Gasteiger partial charge in [0.1, 0.15) is 23.0 Å². The highest BCUT2D eigenvalue weighted by Gasteiger charge is 2.41. The van der Waals surface area contributed by atoms with Crippen molar-refractivity contribution < 1.29 is 18.6 Å². The molecule has 0 bridgehead atoms. The van der Waals surface area contributed by atoms with Gasteiger partial charge in [-0.3, -0.25) is 0 Å². The van der Waals surface area contributed by atoms with Crippen molar-refractivity contribution in [3.63, 3.8) is 0 Å². The second-order valence-electron chi connectivity index (χ2n) is 7.95. The molecule has 2 aliphatic heterocycles. The van der Waals surface area contributed by atoms with Crippen molar-refractivity contribution >= 4 is 46.7 Å². The lowest BCUT2D eigenvalue weighted by atomic mass is 9.66. The third kappa shape index (κ3) is 2.53. The molecule has 0 spiro atoms. The van der Waals surface area contributed by atoms with Gasteiger partial charge in [-0.2, -0.15) is 0 Å². The van der Waals surface area contributed by atoms with E-state index in [2.05, 4.69) is 24.3 Å². The maximum absolute atomic E-state index is 6.24. The smallest absolute Gasteiger partial charge is 0.519 e. The molecule has 2 heterocycles. The Bertz CT molecular complexity index is 1300. The molecule has 0 unspecified atom stereocenters. The van der Waals surface area contributed by atoms with E-state index in [-0.39, 0.29) is 0 Å². The maximum atomic E-state index is 6.24. The van der Waals surface area contributed by atoms with E-state index in [9.17, 15) is 0 Å². The van der Waals surface area contributed by atoms with Crippen LogP contribution >= 0.6 is 0 Å². The topological polar surface area (TPSA) is 36.9 Å². The van der Waals surface area contributed by atoms with Crippen molar-refractivity contribution in [1.82, 2.24) is 0 Å². The molecule has 0 aromatic heterocycles. The molecule has 0 fully saturated rings. The summed E-state index contributed by atoms with van der Waals surface area (Å²) in [6.07, 6.45) is 0. The summed E-state index contributed by atoms with van der Waals surface area (Å²) in [5.41, 5.74) is 2.01. The minimum atomic E-state index is -0.529. The van der Waals surface area contributed by atoms with Gasteiger partial charge in [-0.25, -0.2) is 0 Å². The van der Waals surface area contributed by atoms with Gasteiger partial charge in [-0.15, -0.1) is 0 Å². The largest absolute Gasteiger partial charge is 0.634 e. The first-order valence-electron chi connectivity index (χ1n) is 10.6. The molecule has 4 nitrogen and oxygen atoms in total. The predicted molar refractivity (Wildman–Crippen MR) is 128 cm³/mol. The van der Waals surface area contributed by atoms with Crippen molar-refractivity contribution in [2.45, 2.75) is 0 Å². The molecule has 150 valence electrons. The Morgan fingerprint density at radius 3 is 0.875 bits per heavy atom. The molecule has 2 aliphatic rings. The summed E-state index contributed by atoms with van der Waals surface area (Å²) in [5.74, 6) is 3.03. The Kier molecular flexibility index (Phi) is 3.70. The van der Waals surface area contributed by atoms with Crippen LogP contribution in [0.4, 0.5) is 0 Å². The molecule has 0 atom stereocenters. The molecule has 0 aliphatic carbocycles.